The Bertz CT molecular complexity index is 487. The van der Waals surface area contributed by atoms with E-state index in [1.165, 1.54) is 0 Å². The largest absolute Gasteiger partial charge is 0.331 e. The minimum atomic E-state index is -0.576. The summed E-state index contributed by atoms with van der Waals surface area (Å²) in [5.74, 6) is -1.01. The minimum Gasteiger partial charge on any atom is -0.331 e. The Morgan fingerprint density at radius 1 is 1.30 bits per heavy atom. The summed E-state index contributed by atoms with van der Waals surface area (Å²) >= 11 is 5.78. The quantitative estimate of drug-likeness (QED) is 0.852. The third kappa shape index (κ3) is 3.51. The molecule has 2 amide bonds. The van der Waals surface area contributed by atoms with Gasteiger partial charge in [-0.1, -0.05) is 18.5 Å². The van der Waals surface area contributed by atoms with Crippen LogP contribution in [0.2, 0.25) is 5.02 Å². The van der Waals surface area contributed by atoms with Crippen molar-refractivity contribution < 1.29 is 9.59 Å². The molecule has 0 aromatic heterocycles. The first-order valence-electron chi connectivity index (χ1n) is 6.99. The summed E-state index contributed by atoms with van der Waals surface area (Å²) in [5, 5.41) is 3.22. The molecule has 4 nitrogen and oxygen atoms in total. The molecule has 1 N–H and O–H groups in total. The molecular weight excluding hydrogens is 276 g/mol. The maximum Gasteiger partial charge on any atom is 0.313 e. The minimum absolute atomic E-state index is 0.187. The van der Waals surface area contributed by atoms with Crippen LogP contribution < -0.4 is 5.32 Å². The lowest BCUT2D eigenvalue weighted by Gasteiger charge is -2.34. The zero-order valence-corrected chi connectivity index (χ0v) is 12.3. The fourth-order valence-electron chi connectivity index (χ4n) is 2.54. The average molecular weight is 295 g/mol. The van der Waals surface area contributed by atoms with E-state index in [1.807, 2.05) is 6.92 Å². The van der Waals surface area contributed by atoms with Gasteiger partial charge in [0, 0.05) is 23.3 Å². The molecule has 1 aliphatic heterocycles. The van der Waals surface area contributed by atoms with Gasteiger partial charge in [-0.2, -0.15) is 0 Å². The lowest BCUT2D eigenvalue weighted by atomic mass is 10.00. The smallest absolute Gasteiger partial charge is 0.313 e. The van der Waals surface area contributed by atoms with Crippen molar-refractivity contribution in [2.45, 2.75) is 38.6 Å². The molecule has 0 bridgehead atoms. The first-order valence-corrected chi connectivity index (χ1v) is 7.37. The van der Waals surface area contributed by atoms with E-state index in [9.17, 15) is 9.59 Å². The highest BCUT2D eigenvalue weighted by molar-refractivity contribution is 6.39. The van der Waals surface area contributed by atoms with E-state index < -0.39 is 11.8 Å². The second-order valence-corrected chi connectivity index (χ2v) is 5.45. The van der Waals surface area contributed by atoms with Crippen molar-refractivity contribution in [2.75, 3.05) is 11.9 Å². The highest BCUT2D eigenvalue weighted by Crippen LogP contribution is 2.20. The number of carbonyl (C=O) groups is 2. The molecule has 0 saturated carbocycles. The third-order valence-corrected chi connectivity index (χ3v) is 3.91. The van der Waals surface area contributed by atoms with Crippen LogP contribution in [0, 0.1) is 0 Å². The number of carbonyl (C=O) groups excluding carboxylic acids is 2. The van der Waals surface area contributed by atoms with E-state index in [0.29, 0.717) is 17.3 Å². The predicted molar refractivity (Wildman–Crippen MR) is 79.7 cm³/mol. The summed E-state index contributed by atoms with van der Waals surface area (Å²) in [5.41, 5.74) is 0.581. The number of hydrogen-bond donors (Lipinski definition) is 1. The van der Waals surface area contributed by atoms with Crippen LogP contribution in [0.4, 0.5) is 5.69 Å². The van der Waals surface area contributed by atoms with Gasteiger partial charge in [0.15, 0.2) is 0 Å². The molecule has 0 aliphatic carbocycles. The maximum absolute atomic E-state index is 12.2. The molecule has 2 rings (SSSR count). The van der Waals surface area contributed by atoms with Crippen LogP contribution in [-0.2, 0) is 9.59 Å². The van der Waals surface area contributed by atoms with Gasteiger partial charge in [-0.3, -0.25) is 9.59 Å². The van der Waals surface area contributed by atoms with Crippen LogP contribution >= 0.6 is 11.6 Å². The van der Waals surface area contributed by atoms with Crippen LogP contribution in [0.1, 0.15) is 32.6 Å². The molecule has 5 heteroatoms. The van der Waals surface area contributed by atoms with Gasteiger partial charge in [0.2, 0.25) is 0 Å². The van der Waals surface area contributed by atoms with E-state index in [2.05, 4.69) is 5.32 Å². The number of likely N-dealkylation sites (tertiary alicyclic amines) is 1. The number of nitrogens with one attached hydrogen (secondary N) is 1. The second-order valence-electron chi connectivity index (χ2n) is 5.02. The fraction of sp³-hybridized carbons (Fsp3) is 0.467. The Kier molecular flexibility index (Phi) is 5.01. The van der Waals surface area contributed by atoms with Crippen LogP contribution in [0.5, 0.6) is 0 Å². The zero-order chi connectivity index (χ0) is 14.5. The summed E-state index contributed by atoms with van der Waals surface area (Å²) in [6, 6.07) is 6.91. The number of benzene rings is 1. The van der Waals surface area contributed by atoms with Crippen molar-refractivity contribution in [1.82, 2.24) is 4.90 Å². The van der Waals surface area contributed by atoms with Gasteiger partial charge in [0.05, 0.1) is 0 Å². The number of piperidine rings is 1. The number of amides is 2. The summed E-state index contributed by atoms with van der Waals surface area (Å²) in [6.07, 6.45) is 3.97. The molecule has 108 valence electrons. The molecule has 1 saturated heterocycles. The Morgan fingerprint density at radius 2 is 2.00 bits per heavy atom. The van der Waals surface area contributed by atoms with E-state index in [-0.39, 0.29) is 6.04 Å². The first kappa shape index (κ1) is 14.9. The van der Waals surface area contributed by atoms with Crippen molar-refractivity contribution in [3.8, 4) is 0 Å². The Balaban J connectivity index is 2.00. The van der Waals surface area contributed by atoms with Gasteiger partial charge in [-0.05, 0) is 49.9 Å². The van der Waals surface area contributed by atoms with Gasteiger partial charge < -0.3 is 10.2 Å². The number of nitrogens with zero attached hydrogens (tertiary/aromatic N) is 1. The molecule has 1 aromatic carbocycles. The number of hydrogen-bond acceptors (Lipinski definition) is 2. The summed E-state index contributed by atoms with van der Waals surface area (Å²) < 4.78 is 0. The standard InChI is InChI=1S/C15H19ClN2O2/c1-2-13-5-3-4-10-18(13)15(20)14(19)17-12-8-6-11(16)7-9-12/h6-9,13H,2-5,10H2,1H3,(H,17,19). The van der Waals surface area contributed by atoms with Crippen molar-refractivity contribution >= 4 is 29.1 Å². The molecule has 1 fully saturated rings. The van der Waals surface area contributed by atoms with Crippen molar-refractivity contribution in [1.29, 1.82) is 0 Å². The number of halogens is 1. The summed E-state index contributed by atoms with van der Waals surface area (Å²) in [6.45, 7) is 2.72. The molecule has 0 spiro atoms. The Labute approximate surface area is 124 Å². The first-order chi connectivity index (χ1) is 9.61. The molecule has 1 heterocycles. The van der Waals surface area contributed by atoms with Crippen LogP contribution in [-0.4, -0.2) is 29.3 Å². The average Bonchev–Trinajstić information content (AvgIpc) is 2.48. The van der Waals surface area contributed by atoms with Crippen molar-refractivity contribution in [3.63, 3.8) is 0 Å². The van der Waals surface area contributed by atoms with E-state index >= 15 is 0 Å². The van der Waals surface area contributed by atoms with Crippen molar-refractivity contribution in [2.24, 2.45) is 0 Å². The number of anilines is 1. The van der Waals surface area contributed by atoms with Crippen molar-refractivity contribution in [3.05, 3.63) is 29.3 Å². The third-order valence-electron chi connectivity index (χ3n) is 3.66. The topological polar surface area (TPSA) is 49.4 Å². The monoisotopic (exact) mass is 294 g/mol. The van der Waals surface area contributed by atoms with Gasteiger partial charge in [0.25, 0.3) is 0 Å². The molecule has 1 aliphatic rings. The molecule has 20 heavy (non-hydrogen) atoms. The summed E-state index contributed by atoms with van der Waals surface area (Å²) in [4.78, 5) is 26.0. The highest BCUT2D eigenvalue weighted by Gasteiger charge is 2.29. The van der Waals surface area contributed by atoms with Crippen LogP contribution in [0.25, 0.3) is 0 Å². The van der Waals surface area contributed by atoms with E-state index in [1.54, 1.807) is 29.2 Å². The molecule has 1 atom stereocenters. The van der Waals surface area contributed by atoms with Crippen LogP contribution in [0.3, 0.4) is 0 Å². The molecule has 1 unspecified atom stereocenters. The van der Waals surface area contributed by atoms with Gasteiger partial charge in [-0.15, -0.1) is 0 Å². The molecular formula is C15H19ClN2O2. The normalized spacial score (nSPS) is 18.7. The second kappa shape index (κ2) is 6.75. The Morgan fingerprint density at radius 3 is 2.65 bits per heavy atom. The van der Waals surface area contributed by atoms with Gasteiger partial charge in [0.1, 0.15) is 0 Å². The van der Waals surface area contributed by atoms with Crippen LogP contribution in [0.15, 0.2) is 24.3 Å². The lowest BCUT2D eigenvalue weighted by Crippen LogP contribution is -2.48. The number of rotatable bonds is 2. The lowest BCUT2D eigenvalue weighted by molar-refractivity contribution is -0.145. The molecule has 1 aromatic rings. The fourth-order valence-corrected chi connectivity index (χ4v) is 2.67. The maximum atomic E-state index is 12.2. The predicted octanol–water partition coefficient (Wildman–Crippen LogP) is 3.07. The zero-order valence-electron chi connectivity index (χ0n) is 11.6. The van der Waals surface area contributed by atoms with E-state index in [4.69, 9.17) is 11.6 Å². The van der Waals surface area contributed by atoms with E-state index in [0.717, 1.165) is 25.7 Å². The SMILES string of the molecule is CCC1CCCCN1C(=O)C(=O)Nc1ccc(Cl)cc1. The Hall–Kier alpha value is -1.55. The van der Waals surface area contributed by atoms with Gasteiger partial charge >= 0.3 is 11.8 Å². The molecule has 0 radical (unpaired) electrons. The van der Waals surface area contributed by atoms with Gasteiger partial charge in [-0.25, -0.2) is 0 Å². The summed E-state index contributed by atoms with van der Waals surface area (Å²) in [7, 11) is 0. The highest BCUT2D eigenvalue weighted by atomic mass is 35.5.